The molecule has 0 saturated heterocycles. The Hall–Kier alpha value is -3.26. The minimum Gasteiger partial charge on any atom is -0.320 e. The second-order valence-corrected chi connectivity index (χ2v) is 5.14. The molecule has 24 heavy (non-hydrogen) atoms. The standard InChI is InChI=1S/C15H10ClN5O3/c16-12-6-5-10(21(23)24)7-11(12)15(22)19-13-3-1-2-4-14(13)20-9-17-8-18-20/h1-9H,(H,19,22). The van der Waals surface area contributed by atoms with Gasteiger partial charge in [-0.05, 0) is 18.2 Å². The number of hydrogen-bond acceptors (Lipinski definition) is 5. The van der Waals surface area contributed by atoms with Crippen LogP contribution in [0.1, 0.15) is 10.4 Å². The maximum atomic E-state index is 12.5. The first-order valence-corrected chi connectivity index (χ1v) is 7.13. The number of carbonyl (C=O) groups is 1. The summed E-state index contributed by atoms with van der Waals surface area (Å²) < 4.78 is 1.49. The van der Waals surface area contributed by atoms with E-state index in [1.165, 1.54) is 29.5 Å². The molecule has 3 aromatic rings. The SMILES string of the molecule is O=C(Nc1ccccc1-n1cncn1)c1cc([N+](=O)[O-])ccc1Cl. The van der Waals surface area contributed by atoms with Gasteiger partial charge in [-0.1, -0.05) is 23.7 Å². The highest BCUT2D eigenvalue weighted by Crippen LogP contribution is 2.25. The van der Waals surface area contributed by atoms with Crippen molar-refractivity contribution in [1.29, 1.82) is 0 Å². The number of hydrogen-bond donors (Lipinski definition) is 1. The molecule has 0 saturated carbocycles. The fraction of sp³-hybridized carbons (Fsp3) is 0. The van der Waals surface area contributed by atoms with E-state index in [-0.39, 0.29) is 16.3 Å². The first kappa shape index (κ1) is 15.6. The van der Waals surface area contributed by atoms with Crippen molar-refractivity contribution in [1.82, 2.24) is 14.8 Å². The molecule has 1 heterocycles. The number of rotatable bonds is 4. The van der Waals surface area contributed by atoms with E-state index in [0.29, 0.717) is 11.4 Å². The molecule has 0 unspecified atom stereocenters. The van der Waals surface area contributed by atoms with Gasteiger partial charge in [0.05, 0.1) is 26.9 Å². The molecule has 0 fully saturated rings. The van der Waals surface area contributed by atoms with Gasteiger partial charge in [0, 0.05) is 12.1 Å². The molecule has 1 N–H and O–H groups in total. The molecule has 0 bridgehead atoms. The lowest BCUT2D eigenvalue weighted by Gasteiger charge is -2.11. The van der Waals surface area contributed by atoms with E-state index in [2.05, 4.69) is 15.4 Å². The molecule has 2 aromatic carbocycles. The van der Waals surface area contributed by atoms with E-state index in [0.717, 1.165) is 6.07 Å². The van der Waals surface area contributed by atoms with Gasteiger partial charge in [0.15, 0.2) is 0 Å². The van der Waals surface area contributed by atoms with Crippen LogP contribution in [-0.2, 0) is 0 Å². The Morgan fingerprint density at radius 1 is 1.25 bits per heavy atom. The first-order chi connectivity index (χ1) is 11.6. The predicted molar refractivity (Wildman–Crippen MR) is 87.4 cm³/mol. The lowest BCUT2D eigenvalue weighted by Crippen LogP contribution is -2.14. The number of nitro benzene ring substituents is 1. The molecular weight excluding hydrogens is 334 g/mol. The van der Waals surface area contributed by atoms with Crippen molar-refractivity contribution in [3.63, 3.8) is 0 Å². The zero-order chi connectivity index (χ0) is 17.1. The Bertz CT molecular complexity index is 911. The van der Waals surface area contributed by atoms with Crippen molar-refractivity contribution >= 4 is 28.9 Å². The van der Waals surface area contributed by atoms with Crippen molar-refractivity contribution in [2.45, 2.75) is 0 Å². The molecule has 0 aliphatic carbocycles. The molecule has 0 spiro atoms. The average molecular weight is 344 g/mol. The van der Waals surface area contributed by atoms with E-state index in [9.17, 15) is 14.9 Å². The Morgan fingerprint density at radius 2 is 2.04 bits per heavy atom. The maximum absolute atomic E-state index is 12.5. The molecule has 9 heteroatoms. The van der Waals surface area contributed by atoms with Crippen LogP contribution < -0.4 is 5.32 Å². The Balaban J connectivity index is 1.94. The molecule has 3 rings (SSSR count). The Labute approximate surface area is 140 Å². The quantitative estimate of drug-likeness (QED) is 0.579. The number of nitro groups is 1. The largest absolute Gasteiger partial charge is 0.320 e. The molecule has 1 amide bonds. The van der Waals surface area contributed by atoms with Gasteiger partial charge in [-0.2, -0.15) is 5.10 Å². The van der Waals surface area contributed by atoms with E-state index in [4.69, 9.17) is 11.6 Å². The highest BCUT2D eigenvalue weighted by atomic mass is 35.5. The van der Waals surface area contributed by atoms with Gasteiger partial charge in [0.1, 0.15) is 12.7 Å². The number of anilines is 1. The van der Waals surface area contributed by atoms with E-state index >= 15 is 0 Å². The number of nitrogens with zero attached hydrogens (tertiary/aromatic N) is 4. The number of non-ortho nitro benzene ring substituents is 1. The lowest BCUT2D eigenvalue weighted by atomic mass is 10.1. The molecule has 0 aliphatic rings. The lowest BCUT2D eigenvalue weighted by molar-refractivity contribution is -0.384. The molecule has 0 aliphatic heterocycles. The molecule has 0 radical (unpaired) electrons. The smallest absolute Gasteiger partial charge is 0.270 e. The molecule has 120 valence electrons. The van der Waals surface area contributed by atoms with Crippen LogP contribution in [0.15, 0.2) is 55.1 Å². The van der Waals surface area contributed by atoms with E-state index < -0.39 is 10.8 Å². The molecule has 1 aromatic heterocycles. The van der Waals surface area contributed by atoms with Crippen molar-refractivity contribution in [3.8, 4) is 5.69 Å². The predicted octanol–water partition coefficient (Wildman–Crippen LogP) is 3.08. The molecule has 0 atom stereocenters. The van der Waals surface area contributed by atoms with Gasteiger partial charge in [-0.25, -0.2) is 9.67 Å². The number of aromatic nitrogens is 3. The average Bonchev–Trinajstić information content (AvgIpc) is 3.09. The van der Waals surface area contributed by atoms with Crippen LogP contribution in [0.25, 0.3) is 5.69 Å². The van der Waals surface area contributed by atoms with Crippen LogP contribution in [0.5, 0.6) is 0 Å². The summed E-state index contributed by atoms with van der Waals surface area (Å²) in [6, 6.07) is 10.6. The highest BCUT2D eigenvalue weighted by molar-refractivity contribution is 6.34. The molecule has 8 nitrogen and oxygen atoms in total. The number of benzene rings is 2. The highest BCUT2D eigenvalue weighted by Gasteiger charge is 2.17. The number of amides is 1. The zero-order valence-electron chi connectivity index (χ0n) is 12.1. The minimum absolute atomic E-state index is 0.0132. The van der Waals surface area contributed by atoms with Gasteiger partial charge < -0.3 is 5.32 Å². The number of nitrogens with one attached hydrogen (secondary N) is 1. The summed E-state index contributed by atoms with van der Waals surface area (Å²) in [5.74, 6) is -0.559. The normalized spacial score (nSPS) is 10.4. The third kappa shape index (κ3) is 3.08. The van der Waals surface area contributed by atoms with Crippen LogP contribution in [0, 0.1) is 10.1 Å². The van der Waals surface area contributed by atoms with E-state index in [1.807, 2.05) is 0 Å². The summed E-state index contributed by atoms with van der Waals surface area (Å²) in [6.07, 6.45) is 2.86. The monoisotopic (exact) mass is 343 g/mol. The topological polar surface area (TPSA) is 103 Å². The fourth-order valence-electron chi connectivity index (χ4n) is 2.10. The van der Waals surface area contributed by atoms with Gasteiger partial charge >= 0.3 is 0 Å². The third-order valence-electron chi connectivity index (χ3n) is 3.22. The number of halogens is 1. The van der Waals surface area contributed by atoms with Gasteiger partial charge in [0.2, 0.25) is 0 Å². The second kappa shape index (κ2) is 6.47. The van der Waals surface area contributed by atoms with Gasteiger partial charge in [-0.15, -0.1) is 0 Å². The van der Waals surface area contributed by atoms with Crippen molar-refractivity contribution in [2.75, 3.05) is 5.32 Å². The van der Waals surface area contributed by atoms with Crippen LogP contribution in [-0.4, -0.2) is 25.6 Å². The van der Waals surface area contributed by atoms with Crippen LogP contribution >= 0.6 is 11.6 Å². The third-order valence-corrected chi connectivity index (χ3v) is 3.55. The summed E-state index contributed by atoms with van der Waals surface area (Å²) in [7, 11) is 0. The summed E-state index contributed by atoms with van der Waals surface area (Å²) in [6.45, 7) is 0. The van der Waals surface area contributed by atoms with Crippen LogP contribution in [0.4, 0.5) is 11.4 Å². The summed E-state index contributed by atoms with van der Waals surface area (Å²) in [5, 5.41) is 17.7. The second-order valence-electron chi connectivity index (χ2n) is 4.73. The summed E-state index contributed by atoms with van der Waals surface area (Å²) in [4.78, 5) is 26.6. The van der Waals surface area contributed by atoms with Crippen LogP contribution in [0.3, 0.4) is 0 Å². The number of carbonyl (C=O) groups excluding carboxylic acids is 1. The zero-order valence-corrected chi connectivity index (χ0v) is 12.8. The van der Waals surface area contributed by atoms with Crippen molar-refractivity contribution < 1.29 is 9.72 Å². The van der Waals surface area contributed by atoms with Gasteiger partial charge in [0.25, 0.3) is 11.6 Å². The Morgan fingerprint density at radius 3 is 2.75 bits per heavy atom. The minimum atomic E-state index is -0.587. The van der Waals surface area contributed by atoms with Crippen LogP contribution in [0.2, 0.25) is 5.02 Å². The fourth-order valence-corrected chi connectivity index (χ4v) is 2.31. The first-order valence-electron chi connectivity index (χ1n) is 6.75. The van der Waals surface area contributed by atoms with Gasteiger partial charge in [-0.3, -0.25) is 14.9 Å². The molecular formula is C15H10ClN5O3. The maximum Gasteiger partial charge on any atom is 0.270 e. The number of para-hydroxylation sites is 2. The summed E-state index contributed by atoms with van der Waals surface area (Å²) >= 11 is 5.99. The Kier molecular flexibility index (Phi) is 4.21. The van der Waals surface area contributed by atoms with E-state index in [1.54, 1.807) is 24.3 Å². The van der Waals surface area contributed by atoms with Crippen molar-refractivity contribution in [2.24, 2.45) is 0 Å². The van der Waals surface area contributed by atoms with Crippen molar-refractivity contribution in [3.05, 3.63) is 75.8 Å². The summed E-state index contributed by atoms with van der Waals surface area (Å²) in [5.41, 5.74) is 0.869.